The normalized spacial score (nSPS) is 12.1. The molecule has 0 amide bonds. The SMILES string of the molecule is COc1cccc(CC(CCCS)C(=O)O)c1. The fourth-order valence-corrected chi connectivity index (χ4v) is 1.92. The lowest BCUT2D eigenvalue weighted by Crippen LogP contribution is -2.16. The third-order valence-electron chi connectivity index (χ3n) is 2.68. The second kappa shape index (κ2) is 7.22. The van der Waals surface area contributed by atoms with Gasteiger partial charge in [0.1, 0.15) is 5.75 Å². The van der Waals surface area contributed by atoms with Crippen molar-refractivity contribution in [1.29, 1.82) is 0 Å². The van der Waals surface area contributed by atoms with Gasteiger partial charge in [0, 0.05) is 0 Å². The van der Waals surface area contributed by atoms with E-state index in [-0.39, 0.29) is 5.92 Å². The Morgan fingerprint density at radius 3 is 2.88 bits per heavy atom. The number of aliphatic carboxylic acids is 1. The van der Waals surface area contributed by atoms with Gasteiger partial charge >= 0.3 is 5.97 Å². The van der Waals surface area contributed by atoms with Crippen LogP contribution in [0.25, 0.3) is 0 Å². The number of benzene rings is 1. The van der Waals surface area contributed by atoms with Gasteiger partial charge in [-0.05, 0) is 42.7 Å². The molecule has 0 saturated heterocycles. The van der Waals surface area contributed by atoms with Crippen molar-refractivity contribution in [3.8, 4) is 5.75 Å². The quantitative estimate of drug-likeness (QED) is 0.735. The second-order valence-electron chi connectivity index (χ2n) is 3.96. The minimum absolute atomic E-state index is 0.339. The van der Waals surface area contributed by atoms with E-state index in [2.05, 4.69) is 12.6 Å². The first-order chi connectivity index (χ1) is 8.17. The van der Waals surface area contributed by atoms with Gasteiger partial charge < -0.3 is 9.84 Å². The molecule has 0 aromatic heterocycles. The summed E-state index contributed by atoms with van der Waals surface area (Å²) in [5.74, 6) is 0.409. The Kier molecular flexibility index (Phi) is 5.91. The number of rotatable bonds is 7. The van der Waals surface area contributed by atoms with Crippen LogP contribution in [0.15, 0.2) is 24.3 Å². The fourth-order valence-electron chi connectivity index (χ4n) is 1.73. The average Bonchev–Trinajstić information content (AvgIpc) is 2.34. The predicted octanol–water partition coefficient (Wildman–Crippen LogP) is 2.65. The molecule has 17 heavy (non-hydrogen) atoms. The molecule has 1 atom stereocenters. The largest absolute Gasteiger partial charge is 0.497 e. The highest BCUT2D eigenvalue weighted by molar-refractivity contribution is 7.80. The van der Waals surface area contributed by atoms with Crippen molar-refractivity contribution < 1.29 is 14.6 Å². The van der Waals surface area contributed by atoms with E-state index in [0.717, 1.165) is 23.5 Å². The van der Waals surface area contributed by atoms with Crippen molar-refractivity contribution in [2.24, 2.45) is 5.92 Å². The van der Waals surface area contributed by atoms with Crippen LogP contribution in [0, 0.1) is 5.92 Å². The molecule has 0 aliphatic heterocycles. The van der Waals surface area contributed by atoms with E-state index in [1.807, 2.05) is 24.3 Å². The summed E-state index contributed by atoms with van der Waals surface area (Å²) in [5.41, 5.74) is 0.996. The van der Waals surface area contributed by atoms with E-state index in [0.29, 0.717) is 12.8 Å². The summed E-state index contributed by atoms with van der Waals surface area (Å²) in [6.07, 6.45) is 2.03. The van der Waals surface area contributed by atoms with Gasteiger partial charge in [-0.25, -0.2) is 0 Å². The summed E-state index contributed by atoms with van der Waals surface area (Å²) in [4.78, 5) is 11.1. The summed E-state index contributed by atoms with van der Waals surface area (Å²) in [6.45, 7) is 0. The first kappa shape index (κ1) is 13.9. The van der Waals surface area contributed by atoms with Crippen molar-refractivity contribution >= 4 is 18.6 Å². The highest BCUT2D eigenvalue weighted by Gasteiger charge is 2.17. The maximum absolute atomic E-state index is 11.1. The van der Waals surface area contributed by atoms with E-state index in [9.17, 15) is 4.79 Å². The molecule has 0 saturated carbocycles. The van der Waals surface area contributed by atoms with Crippen LogP contribution >= 0.6 is 12.6 Å². The van der Waals surface area contributed by atoms with Gasteiger partial charge in [0.25, 0.3) is 0 Å². The first-order valence-corrected chi connectivity index (χ1v) is 6.27. The number of carboxylic acid groups (broad SMARTS) is 1. The molecule has 0 radical (unpaired) electrons. The zero-order valence-corrected chi connectivity index (χ0v) is 10.8. The lowest BCUT2D eigenvalue weighted by molar-refractivity contribution is -0.141. The first-order valence-electron chi connectivity index (χ1n) is 5.64. The van der Waals surface area contributed by atoms with Gasteiger partial charge in [0.15, 0.2) is 0 Å². The number of carbonyl (C=O) groups is 1. The van der Waals surface area contributed by atoms with Gasteiger partial charge in [-0.15, -0.1) is 0 Å². The van der Waals surface area contributed by atoms with Crippen LogP contribution in [0.5, 0.6) is 5.75 Å². The van der Waals surface area contributed by atoms with E-state index in [1.54, 1.807) is 7.11 Å². The van der Waals surface area contributed by atoms with Crippen molar-refractivity contribution in [2.75, 3.05) is 12.9 Å². The summed E-state index contributed by atoms with van der Waals surface area (Å²) >= 11 is 4.11. The monoisotopic (exact) mass is 254 g/mol. The van der Waals surface area contributed by atoms with Gasteiger partial charge in [-0.2, -0.15) is 12.6 Å². The Morgan fingerprint density at radius 2 is 2.29 bits per heavy atom. The number of thiol groups is 1. The standard InChI is InChI=1S/C13H18O3S/c1-16-12-6-2-4-10(9-12)8-11(13(14)15)5-3-7-17/h2,4,6,9,11,17H,3,5,7-8H2,1H3,(H,14,15). The Morgan fingerprint density at radius 1 is 1.53 bits per heavy atom. The van der Waals surface area contributed by atoms with Crippen LogP contribution in [-0.2, 0) is 11.2 Å². The third-order valence-corrected chi connectivity index (χ3v) is 2.99. The molecule has 1 rings (SSSR count). The van der Waals surface area contributed by atoms with E-state index >= 15 is 0 Å². The Bertz CT molecular complexity index is 365. The van der Waals surface area contributed by atoms with Gasteiger partial charge in [-0.3, -0.25) is 4.79 Å². The van der Waals surface area contributed by atoms with E-state index < -0.39 is 5.97 Å². The molecule has 1 unspecified atom stereocenters. The lowest BCUT2D eigenvalue weighted by Gasteiger charge is -2.12. The van der Waals surface area contributed by atoms with Gasteiger partial charge in [0.2, 0.25) is 0 Å². The molecule has 1 N–H and O–H groups in total. The van der Waals surface area contributed by atoms with Crippen molar-refractivity contribution in [3.63, 3.8) is 0 Å². The van der Waals surface area contributed by atoms with Gasteiger partial charge in [0.05, 0.1) is 13.0 Å². The smallest absolute Gasteiger partial charge is 0.306 e. The summed E-state index contributed by atoms with van der Waals surface area (Å²) in [7, 11) is 1.61. The van der Waals surface area contributed by atoms with Crippen LogP contribution in [0.4, 0.5) is 0 Å². The number of hydrogen-bond acceptors (Lipinski definition) is 3. The average molecular weight is 254 g/mol. The predicted molar refractivity (Wildman–Crippen MR) is 70.9 cm³/mol. The molecule has 0 fully saturated rings. The minimum Gasteiger partial charge on any atom is -0.497 e. The molecule has 3 nitrogen and oxygen atoms in total. The van der Waals surface area contributed by atoms with Crippen LogP contribution < -0.4 is 4.74 Å². The second-order valence-corrected chi connectivity index (χ2v) is 4.40. The van der Waals surface area contributed by atoms with Crippen molar-refractivity contribution in [2.45, 2.75) is 19.3 Å². The highest BCUT2D eigenvalue weighted by atomic mass is 32.1. The zero-order chi connectivity index (χ0) is 12.7. The van der Waals surface area contributed by atoms with E-state index in [1.165, 1.54) is 0 Å². The summed E-state index contributed by atoms with van der Waals surface area (Å²) in [5, 5.41) is 9.13. The van der Waals surface area contributed by atoms with Gasteiger partial charge in [-0.1, -0.05) is 12.1 Å². The lowest BCUT2D eigenvalue weighted by atomic mass is 9.95. The zero-order valence-electron chi connectivity index (χ0n) is 9.93. The fraction of sp³-hybridized carbons (Fsp3) is 0.462. The van der Waals surface area contributed by atoms with Crippen molar-refractivity contribution in [3.05, 3.63) is 29.8 Å². The van der Waals surface area contributed by atoms with Crippen molar-refractivity contribution in [1.82, 2.24) is 0 Å². The minimum atomic E-state index is -0.741. The number of ether oxygens (including phenoxy) is 1. The molecule has 0 aliphatic carbocycles. The Balaban J connectivity index is 2.67. The summed E-state index contributed by atoms with van der Waals surface area (Å²) in [6, 6.07) is 7.55. The molecule has 0 spiro atoms. The molecular formula is C13H18O3S. The number of methoxy groups -OCH3 is 1. The molecular weight excluding hydrogens is 236 g/mol. The number of carboxylic acids is 1. The third kappa shape index (κ3) is 4.69. The maximum Gasteiger partial charge on any atom is 0.306 e. The molecule has 1 aromatic rings. The van der Waals surface area contributed by atoms with Crippen LogP contribution in [0.2, 0.25) is 0 Å². The molecule has 1 aromatic carbocycles. The molecule has 0 heterocycles. The van der Waals surface area contributed by atoms with Crippen LogP contribution in [0.1, 0.15) is 18.4 Å². The topological polar surface area (TPSA) is 46.5 Å². The maximum atomic E-state index is 11.1. The Hall–Kier alpha value is -1.16. The van der Waals surface area contributed by atoms with Crippen LogP contribution in [-0.4, -0.2) is 23.9 Å². The molecule has 94 valence electrons. The number of hydrogen-bond donors (Lipinski definition) is 2. The van der Waals surface area contributed by atoms with E-state index in [4.69, 9.17) is 9.84 Å². The molecule has 4 heteroatoms. The molecule has 0 bridgehead atoms. The Labute approximate surface area is 107 Å². The van der Waals surface area contributed by atoms with Crippen LogP contribution in [0.3, 0.4) is 0 Å². The summed E-state index contributed by atoms with van der Waals surface area (Å²) < 4.78 is 5.12. The molecule has 0 aliphatic rings. The highest BCUT2D eigenvalue weighted by Crippen LogP contribution is 2.19.